The van der Waals surface area contributed by atoms with Crippen LogP contribution in [0.4, 0.5) is 5.69 Å². The van der Waals surface area contributed by atoms with E-state index >= 15 is 0 Å². The molecule has 1 fully saturated rings. The zero-order valence-corrected chi connectivity index (χ0v) is 15.5. The minimum Gasteiger partial charge on any atom is -0.472 e. The predicted octanol–water partition coefficient (Wildman–Crippen LogP) is 4.44. The fourth-order valence-electron chi connectivity index (χ4n) is 3.53. The van der Waals surface area contributed by atoms with E-state index in [9.17, 15) is 9.59 Å². The molecule has 0 aliphatic carbocycles. The zero-order valence-electron chi connectivity index (χ0n) is 15.5. The van der Waals surface area contributed by atoms with E-state index in [1.165, 1.54) is 12.5 Å². The number of furan rings is 1. The smallest absolute Gasteiger partial charge is 0.257 e. The first kappa shape index (κ1) is 18.0. The molecule has 3 aromatic rings. The highest BCUT2D eigenvalue weighted by Crippen LogP contribution is 2.23. The van der Waals surface area contributed by atoms with Crippen molar-refractivity contribution in [2.45, 2.75) is 12.8 Å². The molecule has 0 unspecified atom stereocenters. The summed E-state index contributed by atoms with van der Waals surface area (Å²) in [5, 5.41) is 3.00. The van der Waals surface area contributed by atoms with Crippen LogP contribution in [0.1, 0.15) is 23.2 Å². The monoisotopic (exact) mass is 374 g/mol. The van der Waals surface area contributed by atoms with Gasteiger partial charge in [-0.1, -0.05) is 42.5 Å². The minimum absolute atomic E-state index is 0.0165. The van der Waals surface area contributed by atoms with E-state index in [1.54, 1.807) is 11.0 Å². The van der Waals surface area contributed by atoms with Crippen LogP contribution in [0.2, 0.25) is 0 Å². The second-order valence-corrected chi connectivity index (χ2v) is 7.01. The molecule has 5 heteroatoms. The van der Waals surface area contributed by atoms with Crippen molar-refractivity contribution in [3.05, 3.63) is 78.8 Å². The molecular weight excluding hydrogens is 352 g/mol. The van der Waals surface area contributed by atoms with Crippen LogP contribution in [0, 0.1) is 5.92 Å². The minimum atomic E-state index is -0.0813. The van der Waals surface area contributed by atoms with Gasteiger partial charge in [0.05, 0.1) is 11.8 Å². The number of carbonyl (C=O) groups is 2. The van der Waals surface area contributed by atoms with Crippen molar-refractivity contribution in [1.29, 1.82) is 0 Å². The highest BCUT2D eigenvalue weighted by atomic mass is 16.3. The fraction of sp³-hybridized carbons (Fsp3) is 0.217. The van der Waals surface area contributed by atoms with E-state index in [4.69, 9.17) is 4.42 Å². The molecule has 5 nitrogen and oxygen atoms in total. The van der Waals surface area contributed by atoms with Crippen molar-refractivity contribution in [3.8, 4) is 11.1 Å². The summed E-state index contributed by atoms with van der Waals surface area (Å²) in [5.74, 6) is -0.103. The molecule has 142 valence electrons. The summed E-state index contributed by atoms with van der Waals surface area (Å²) in [6.07, 6.45) is 4.28. The average molecular weight is 374 g/mol. The third-order valence-corrected chi connectivity index (χ3v) is 5.18. The molecule has 1 N–H and O–H groups in total. The lowest BCUT2D eigenvalue weighted by molar-refractivity contribution is -0.121. The number of nitrogens with zero attached hydrogens (tertiary/aromatic N) is 1. The Kier molecular flexibility index (Phi) is 5.24. The lowest BCUT2D eigenvalue weighted by atomic mass is 9.95. The molecule has 28 heavy (non-hydrogen) atoms. The molecular formula is C23H22N2O3. The predicted molar refractivity (Wildman–Crippen MR) is 108 cm³/mol. The first-order valence-electron chi connectivity index (χ1n) is 9.48. The van der Waals surface area contributed by atoms with E-state index in [0.717, 1.165) is 16.8 Å². The van der Waals surface area contributed by atoms with Crippen LogP contribution in [0.3, 0.4) is 0 Å². The number of carbonyl (C=O) groups excluding carboxylic acids is 2. The van der Waals surface area contributed by atoms with Gasteiger partial charge in [-0.3, -0.25) is 9.59 Å². The normalized spacial score (nSPS) is 14.6. The summed E-state index contributed by atoms with van der Waals surface area (Å²) in [6, 6.07) is 19.7. The molecule has 1 aliphatic heterocycles. The van der Waals surface area contributed by atoms with Crippen LogP contribution in [-0.4, -0.2) is 29.8 Å². The van der Waals surface area contributed by atoms with Crippen molar-refractivity contribution in [2.24, 2.45) is 5.92 Å². The van der Waals surface area contributed by atoms with Crippen molar-refractivity contribution in [3.63, 3.8) is 0 Å². The highest BCUT2D eigenvalue weighted by molar-refractivity contribution is 5.95. The summed E-state index contributed by atoms with van der Waals surface area (Å²) in [5.41, 5.74) is 3.61. The lowest BCUT2D eigenvalue weighted by Crippen LogP contribution is -2.41. The lowest BCUT2D eigenvalue weighted by Gasteiger charge is -2.31. The topological polar surface area (TPSA) is 62.6 Å². The molecule has 0 atom stereocenters. The Morgan fingerprint density at radius 3 is 2.21 bits per heavy atom. The van der Waals surface area contributed by atoms with Crippen LogP contribution < -0.4 is 5.32 Å². The van der Waals surface area contributed by atoms with Crippen molar-refractivity contribution in [2.75, 3.05) is 18.4 Å². The molecule has 1 saturated heterocycles. The Bertz CT molecular complexity index is 926. The molecule has 0 saturated carbocycles. The standard InChI is InChI=1S/C23H22N2O3/c26-22(19-10-13-25(14-11-19)23(27)20-12-15-28-16-20)24-21-8-6-18(7-9-21)17-4-2-1-3-5-17/h1-9,12,15-16,19H,10-11,13-14H2,(H,24,26). The van der Waals surface area contributed by atoms with E-state index in [1.807, 2.05) is 42.5 Å². The Morgan fingerprint density at radius 1 is 0.893 bits per heavy atom. The second-order valence-electron chi connectivity index (χ2n) is 7.01. The van der Waals surface area contributed by atoms with Crippen LogP contribution in [0.15, 0.2) is 77.6 Å². The molecule has 0 spiro atoms. The van der Waals surface area contributed by atoms with Crippen molar-refractivity contribution >= 4 is 17.5 Å². The van der Waals surface area contributed by atoms with Gasteiger partial charge < -0.3 is 14.6 Å². The molecule has 2 amide bonds. The zero-order chi connectivity index (χ0) is 19.3. The van der Waals surface area contributed by atoms with Gasteiger partial charge in [-0.25, -0.2) is 0 Å². The Labute approximate surface area is 164 Å². The maximum Gasteiger partial charge on any atom is 0.257 e. The first-order chi connectivity index (χ1) is 13.7. The summed E-state index contributed by atoms with van der Waals surface area (Å²) in [6.45, 7) is 1.16. The van der Waals surface area contributed by atoms with E-state index < -0.39 is 0 Å². The Balaban J connectivity index is 1.32. The third kappa shape index (κ3) is 3.98. The van der Waals surface area contributed by atoms with E-state index in [2.05, 4.69) is 17.4 Å². The summed E-state index contributed by atoms with van der Waals surface area (Å²) >= 11 is 0. The number of anilines is 1. The van der Waals surface area contributed by atoms with Crippen LogP contribution in [0.5, 0.6) is 0 Å². The quantitative estimate of drug-likeness (QED) is 0.734. The number of rotatable bonds is 4. The SMILES string of the molecule is O=C(Nc1ccc(-c2ccccc2)cc1)C1CCN(C(=O)c2ccoc2)CC1. The molecule has 0 bridgehead atoms. The molecule has 2 heterocycles. The van der Waals surface area contributed by atoms with Crippen LogP contribution >= 0.6 is 0 Å². The van der Waals surface area contributed by atoms with Gasteiger partial charge in [0.25, 0.3) is 5.91 Å². The number of hydrogen-bond donors (Lipinski definition) is 1. The van der Waals surface area contributed by atoms with Crippen molar-refractivity contribution in [1.82, 2.24) is 4.90 Å². The van der Waals surface area contributed by atoms with Gasteiger partial charge >= 0.3 is 0 Å². The van der Waals surface area contributed by atoms with Gasteiger partial charge in [-0.15, -0.1) is 0 Å². The van der Waals surface area contributed by atoms with Gasteiger partial charge in [0.15, 0.2) is 0 Å². The Hall–Kier alpha value is -3.34. The van der Waals surface area contributed by atoms with E-state index in [0.29, 0.717) is 31.5 Å². The largest absolute Gasteiger partial charge is 0.472 e. The molecule has 4 rings (SSSR count). The number of amides is 2. The molecule has 1 aromatic heterocycles. The molecule has 2 aromatic carbocycles. The maximum absolute atomic E-state index is 12.6. The first-order valence-corrected chi connectivity index (χ1v) is 9.48. The fourth-order valence-corrected chi connectivity index (χ4v) is 3.53. The van der Waals surface area contributed by atoms with Gasteiger partial charge in [0, 0.05) is 24.7 Å². The Morgan fingerprint density at radius 2 is 1.57 bits per heavy atom. The second kappa shape index (κ2) is 8.13. The van der Waals surface area contributed by atoms with Gasteiger partial charge in [0.2, 0.25) is 5.91 Å². The van der Waals surface area contributed by atoms with Crippen molar-refractivity contribution < 1.29 is 14.0 Å². The van der Waals surface area contributed by atoms with Crippen LogP contribution in [-0.2, 0) is 4.79 Å². The molecule has 1 aliphatic rings. The van der Waals surface area contributed by atoms with Gasteiger partial charge in [0.1, 0.15) is 6.26 Å². The number of likely N-dealkylation sites (tertiary alicyclic amines) is 1. The number of nitrogens with one attached hydrogen (secondary N) is 1. The number of benzene rings is 2. The summed E-state index contributed by atoms with van der Waals surface area (Å²) in [4.78, 5) is 26.7. The highest BCUT2D eigenvalue weighted by Gasteiger charge is 2.28. The average Bonchev–Trinajstić information content (AvgIpc) is 3.29. The number of piperidine rings is 1. The summed E-state index contributed by atoms with van der Waals surface area (Å²) < 4.78 is 4.98. The van der Waals surface area contributed by atoms with Crippen LogP contribution in [0.25, 0.3) is 11.1 Å². The maximum atomic E-state index is 12.6. The third-order valence-electron chi connectivity index (χ3n) is 5.18. The van der Waals surface area contributed by atoms with Gasteiger partial charge in [-0.2, -0.15) is 0 Å². The number of hydrogen-bond acceptors (Lipinski definition) is 3. The summed E-state index contributed by atoms with van der Waals surface area (Å²) in [7, 11) is 0. The van der Waals surface area contributed by atoms with E-state index in [-0.39, 0.29) is 17.7 Å². The molecule has 0 radical (unpaired) electrons. The van der Waals surface area contributed by atoms with Gasteiger partial charge in [-0.05, 0) is 42.2 Å².